The van der Waals surface area contributed by atoms with Crippen molar-refractivity contribution in [1.82, 2.24) is 9.55 Å². The van der Waals surface area contributed by atoms with Gasteiger partial charge < -0.3 is 14.0 Å². The fourth-order valence-electron chi connectivity index (χ4n) is 3.78. The molecule has 0 radical (unpaired) electrons. The number of benzene rings is 3. The molecule has 0 unspecified atom stereocenters. The molecule has 0 saturated heterocycles. The first-order valence-corrected chi connectivity index (χ1v) is 11.8. The zero-order chi connectivity index (χ0) is 23.3. The average Bonchev–Trinajstić information content (AvgIpc) is 3.16. The van der Waals surface area contributed by atoms with E-state index < -0.39 is 0 Å². The molecule has 1 heterocycles. The van der Waals surface area contributed by atoms with E-state index >= 15 is 0 Å². The van der Waals surface area contributed by atoms with Crippen LogP contribution in [-0.2, 0) is 18.6 Å². The quantitative estimate of drug-likeness (QED) is 0.243. The largest absolute Gasteiger partial charge is 0.494 e. The van der Waals surface area contributed by atoms with Gasteiger partial charge in [-0.3, -0.25) is 0 Å². The summed E-state index contributed by atoms with van der Waals surface area (Å²) in [5.41, 5.74) is 3.59. The standard InChI is InChI=1S/C28H31ClN2O2/c1-28(2,3)21-10-14-23(15-11-21)32-19-7-6-18-31-26-9-5-4-8-25(26)30-27(31)20-33-24-16-12-22(29)13-17-24/h4-5,8-17H,6-7,18-20H2,1-3H3. The van der Waals surface area contributed by atoms with Crippen molar-refractivity contribution >= 4 is 22.6 Å². The molecule has 4 rings (SSSR count). The van der Waals surface area contributed by atoms with Crippen molar-refractivity contribution in [1.29, 1.82) is 0 Å². The normalized spacial score (nSPS) is 11.6. The Labute approximate surface area is 201 Å². The van der Waals surface area contributed by atoms with Gasteiger partial charge in [0, 0.05) is 11.6 Å². The summed E-state index contributed by atoms with van der Waals surface area (Å²) < 4.78 is 14.2. The summed E-state index contributed by atoms with van der Waals surface area (Å²) in [4.78, 5) is 4.80. The molecule has 0 aliphatic rings. The van der Waals surface area contributed by atoms with Crippen LogP contribution in [0.5, 0.6) is 11.5 Å². The predicted octanol–water partition coefficient (Wildman–Crippen LogP) is 7.43. The van der Waals surface area contributed by atoms with Gasteiger partial charge in [-0.25, -0.2) is 4.98 Å². The molecule has 0 bridgehead atoms. The Morgan fingerprint density at radius 3 is 2.21 bits per heavy atom. The van der Waals surface area contributed by atoms with E-state index in [1.165, 1.54) is 5.56 Å². The van der Waals surface area contributed by atoms with Crippen molar-refractivity contribution in [3.63, 3.8) is 0 Å². The van der Waals surface area contributed by atoms with E-state index in [0.29, 0.717) is 18.2 Å². The van der Waals surface area contributed by atoms with Gasteiger partial charge in [0.1, 0.15) is 23.9 Å². The minimum absolute atomic E-state index is 0.154. The predicted molar refractivity (Wildman–Crippen MR) is 135 cm³/mol. The number of aryl methyl sites for hydroxylation is 1. The molecule has 172 valence electrons. The lowest BCUT2D eigenvalue weighted by Crippen LogP contribution is -2.10. The number of imidazole rings is 1. The maximum absolute atomic E-state index is 5.97. The lowest BCUT2D eigenvalue weighted by Gasteiger charge is -2.19. The Morgan fingerprint density at radius 2 is 1.48 bits per heavy atom. The van der Waals surface area contributed by atoms with Gasteiger partial charge in [-0.05, 0) is 72.4 Å². The number of para-hydroxylation sites is 2. The van der Waals surface area contributed by atoms with Crippen molar-refractivity contribution < 1.29 is 9.47 Å². The topological polar surface area (TPSA) is 36.3 Å². The molecule has 0 saturated carbocycles. The van der Waals surface area contributed by atoms with Crippen molar-refractivity contribution in [2.75, 3.05) is 6.61 Å². The van der Waals surface area contributed by atoms with Crippen LogP contribution in [0.1, 0.15) is 45.0 Å². The molecule has 0 fully saturated rings. The van der Waals surface area contributed by atoms with E-state index in [1.54, 1.807) is 0 Å². The van der Waals surface area contributed by atoms with Gasteiger partial charge in [-0.2, -0.15) is 0 Å². The van der Waals surface area contributed by atoms with Crippen LogP contribution in [-0.4, -0.2) is 16.2 Å². The number of hydrogen-bond donors (Lipinski definition) is 0. The summed E-state index contributed by atoms with van der Waals surface area (Å²) >= 11 is 5.97. The molecule has 3 aromatic carbocycles. The third-order valence-electron chi connectivity index (χ3n) is 5.68. The maximum atomic E-state index is 5.97. The van der Waals surface area contributed by atoms with E-state index in [2.05, 4.69) is 61.7 Å². The lowest BCUT2D eigenvalue weighted by atomic mass is 9.87. The number of fused-ring (bicyclic) bond motifs is 1. The Hall–Kier alpha value is -2.98. The first kappa shape index (κ1) is 23.2. The van der Waals surface area contributed by atoms with Crippen LogP contribution in [0.25, 0.3) is 11.0 Å². The van der Waals surface area contributed by atoms with Gasteiger partial charge in [0.2, 0.25) is 0 Å². The van der Waals surface area contributed by atoms with E-state index in [-0.39, 0.29) is 5.41 Å². The highest BCUT2D eigenvalue weighted by atomic mass is 35.5. The summed E-state index contributed by atoms with van der Waals surface area (Å²) in [6.45, 7) is 8.63. The van der Waals surface area contributed by atoms with Crippen LogP contribution in [0.15, 0.2) is 72.8 Å². The average molecular weight is 463 g/mol. The summed E-state index contributed by atoms with van der Waals surface area (Å²) in [6.07, 6.45) is 1.96. The molecule has 0 spiro atoms. The van der Waals surface area contributed by atoms with Crippen molar-refractivity contribution in [2.45, 2.75) is 52.2 Å². The fraction of sp³-hybridized carbons (Fsp3) is 0.321. The van der Waals surface area contributed by atoms with Gasteiger partial charge in [0.05, 0.1) is 17.6 Å². The zero-order valence-corrected chi connectivity index (χ0v) is 20.3. The van der Waals surface area contributed by atoms with Crippen LogP contribution < -0.4 is 9.47 Å². The summed E-state index contributed by atoms with van der Waals surface area (Å²) in [5.74, 6) is 2.63. The Kier molecular flexibility index (Phi) is 7.24. The van der Waals surface area contributed by atoms with Crippen LogP contribution in [0, 0.1) is 0 Å². The minimum Gasteiger partial charge on any atom is -0.494 e. The summed E-state index contributed by atoms with van der Waals surface area (Å²) in [5, 5.41) is 0.696. The van der Waals surface area contributed by atoms with Crippen LogP contribution in [0.2, 0.25) is 5.02 Å². The number of halogens is 1. The van der Waals surface area contributed by atoms with E-state index in [0.717, 1.165) is 47.7 Å². The second kappa shape index (κ2) is 10.3. The monoisotopic (exact) mass is 462 g/mol. The molecule has 4 aromatic rings. The Bertz CT molecular complexity index is 1180. The lowest BCUT2D eigenvalue weighted by molar-refractivity contribution is 0.285. The molecule has 1 aromatic heterocycles. The van der Waals surface area contributed by atoms with Crippen molar-refractivity contribution in [2.24, 2.45) is 0 Å². The SMILES string of the molecule is CC(C)(C)c1ccc(OCCCCn2c(COc3ccc(Cl)cc3)nc3ccccc32)cc1. The Balaban J connectivity index is 1.33. The highest BCUT2D eigenvalue weighted by molar-refractivity contribution is 6.30. The minimum atomic E-state index is 0.154. The van der Waals surface area contributed by atoms with Gasteiger partial charge in [0.25, 0.3) is 0 Å². The van der Waals surface area contributed by atoms with Crippen molar-refractivity contribution in [3.8, 4) is 11.5 Å². The molecule has 0 atom stereocenters. The highest BCUT2D eigenvalue weighted by Gasteiger charge is 2.13. The smallest absolute Gasteiger partial charge is 0.147 e. The second-order valence-electron chi connectivity index (χ2n) is 9.24. The van der Waals surface area contributed by atoms with Crippen molar-refractivity contribution in [3.05, 3.63) is 89.2 Å². The fourth-order valence-corrected chi connectivity index (χ4v) is 3.90. The number of aromatic nitrogens is 2. The van der Waals surface area contributed by atoms with Gasteiger partial charge >= 0.3 is 0 Å². The second-order valence-corrected chi connectivity index (χ2v) is 9.68. The number of ether oxygens (including phenoxy) is 2. The highest BCUT2D eigenvalue weighted by Crippen LogP contribution is 2.24. The number of rotatable bonds is 9. The summed E-state index contributed by atoms with van der Waals surface area (Å²) in [6, 6.07) is 24.1. The number of nitrogens with zero attached hydrogens (tertiary/aromatic N) is 2. The maximum Gasteiger partial charge on any atom is 0.147 e. The molecule has 33 heavy (non-hydrogen) atoms. The molecular formula is C28H31ClN2O2. The summed E-state index contributed by atoms with van der Waals surface area (Å²) in [7, 11) is 0. The molecule has 0 aliphatic heterocycles. The van der Waals surface area contributed by atoms with Crippen LogP contribution in [0.4, 0.5) is 0 Å². The Morgan fingerprint density at radius 1 is 0.818 bits per heavy atom. The van der Waals surface area contributed by atoms with E-state index in [4.69, 9.17) is 26.1 Å². The van der Waals surface area contributed by atoms with Crippen LogP contribution in [0.3, 0.4) is 0 Å². The first-order chi connectivity index (χ1) is 15.9. The third-order valence-corrected chi connectivity index (χ3v) is 5.93. The molecular weight excluding hydrogens is 432 g/mol. The zero-order valence-electron chi connectivity index (χ0n) is 19.6. The molecule has 0 amide bonds. The molecule has 5 heteroatoms. The number of hydrogen-bond acceptors (Lipinski definition) is 3. The van der Waals surface area contributed by atoms with Crippen LogP contribution >= 0.6 is 11.6 Å². The molecule has 0 aliphatic carbocycles. The number of unbranched alkanes of at least 4 members (excludes halogenated alkanes) is 1. The first-order valence-electron chi connectivity index (χ1n) is 11.5. The van der Waals surface area contributed by atoms with Gasteiger partial charge in [0.15, 0.2) is 0 Å². The van der Waals surface area contributed by atoms with Gasteiger partial charge in [-0.15, -0.1) is 0 Å². The van der Waals surface area contributed by atoms with Gasteiger partial charge in [-0.1, -0.05) is 56.6 Å². The molecule has 4 nitrogen and oxygen atoms in total. The third kappa shape index (κ3) is 6.08. The van der Waals surface area contributed by atoms with E-state index in [1.807, 2.05) is 36.4 Å². The van der Waals surface area contributed by atoms with E-state index in [9.17, 15) is 0 Å². The molecule has 0 N–H and O–H groups in total.